The Morgan fingerprint density at radius 2 is 2.00 bits per heavy atom. The molecule has 102 valence electrons. The normalized spacial score (nSPS) is 18.3. The number of rotatable bonds is 5. The zero-order valence-corrected chi connectivity index (χ0v) is 10.5. The number of benzene rings is 1. The predicted molar refractivity (Wildman–Crippen MR) is 67.3 cm³/mol. The summed E-state index contributed by atoms with van der Waals surface area (Å²) in [4.78, 5) is 23.4. The first-order valence-corrected chi connectivity index (χ1v) is 6.31. The molecule has 1 aromatic carbocycles. The van der Waals surface area contributed by atoms with Gasteiger partial charge in [0, 0.05) is 25.0 Å². The molecule has 1 N–H and O–H groups in total. The van der Waals surface area contributed by atoms with Crippen LogP contribution < -0.4 is 5.32 Å². The van der Waals surface area contributed by atoms with Crippen molar-refractivity contribution in [3.05, 3.63) is 35.6 Å². The number of Topliss-reactive ketones (excluding diaryl/α,β-unsaturated/α-hetero) is 1. The van der Waals surface area contributed by atoms with Crippen molar-refractivity contribution in [2.75, 3.05) is 13.2 Å². The first-order chi connectivity index (χ1) is 9.15. The van der Waals surface area contributed by atoms with E-state index < -0.39 is 0 Å². The van der Waals surface area contributed by atoms with Gasteiger partial charge in [0.25, 0.3) is 0 Å². The molecule has 0 spiro atoms. The molecule has 5 heteroatoms. The molecule has 0 unspecified atom stereocenters. The van der Waals surface area contributed by atoms with Crippen molar-refractivity contribution in [2.24, 2.45) is 0 Å². The van der Waals surface area contributed by atoms with Gasteiger partial charge in [-0.2, -0.15) is 0 Å². The quantitative estimate of drug-likeness (QED) is 0.824. The molecular weight excluding hydrogens is 249 g/mol. The third kappa shape index (κ3) is 4.13. The minimum atomic E-state index is -0.379. The average Bonchev–Trinajstić information content (AvgIpc) is 2.89. The summed E-state index contributed by atoms with van der Waals surface area (Å²) in [5.41, 5.74) is 0.429. The molecule has 1 amide bonds. The molecule has 0 saturated carbocycles. The lowest BCUT2D eigenvalue weighted by atomic mass is 10.1. The van der Waals surface area contributed by atoms with E-state index in [1.165, 1.54) is 24.3 Å². The maximum Gasteiger partial charge on any atom is 0.220 e. The van der Waals surface area contributed by atoms with Gasteiger partial charge in [0.1, 0.15) is 5.82 Å². The largest absolute Gasteiger partial charge is 0.379 e. The highest BCUT2D eigenvalue weighted by Crippen LogP contribution is 2.08. The highest BCUT2D eigenvalue weighted by molar-refractivity contribution is 5.97. The number of nitrogens with one attached hydrogen (secondary N) is 1. The Hall–Kier alpha value is -1.75. The van der Waals surface area contributed by atoms with Crippen molar-refractivity contribution in [2.45, 2.75) is 25.3 Å². The van der Waals surface area contributed by atoms with Gasteiger partial charge >= 0.3 is 0 Å². The number of amides is 1. The molecular formula is C14H16FNO3. The number of ether oxygens (including phenoxy) is 1. The molecule has 0 radical (unpaired) electrons. The maximum atomic E-state index is 12.7. The Morgan fingerprint density at radius 3 is 2.63 bits per heavy atom. The van der Waals surface area contributed by atoms with Crippen molar-refractivity contribution in [3.8, 4) is 0 Å². The number of hydrogen-bond acceptors (Lipinski definition) is 3. The monoisotopic (exact) mass is 265 g/mol. The summed E-state index contributed by atoms with van der Waals surface area (Å²) in [5, 5.41) is 2.82. The van der Waals surface area contributed by atoms with Crippen LogP contribution in [0, 0.1) is 5.82 Å². The first-order valence-electron chi connectivity index (χ1n) is 6.31. The van der Waals surface area contributed by atoms with Crippen LogP contribution in [0.3, 0.4) is 0 Å². The highest BCUT2D eigenvalue weighted by Gasteiger charge is 2.18. The van der Waals surface area contributed by atoms with Gasteiger partial charge in [-0.25, -0.2) is 4.39 Å². The van der Waals surface area contributed by atoms with E-state index in [0.29, 0.717) is 18.8 Å². The van der Waals surface area contributed by atoms with Crippen LogP contribution >= 0.6 is 0 Å². The van der Waals surface area contributed by atoms with Gasteiger partial charge in [-0.1, -0.05) is 0 Å². The maximum absolute atomic E-state index is 12.7. The molecule has 1 aliphatic rings. The average molecular weight is 265 g/mol. The second kappa shape index (κ2) is 6.43. The summed E-state index contributed by atoms with van der Waals surface area (Å²) in [7, 11) is 0. The summed E-state index contributed by atoms with van der Waals surface area (Å²) in [6, 6.07) is 5.40. The fourth-order valence-electron chi connectivity index (χ4n) is 1.96. The molecule has 1 aromatic rings. The van der Waals surface area contributed by atoms with Gasteiger partial charge in [-0.3, -0.25) is 9.59 Å². The van der Waals surface area contributed by atoms with Crippen LogP contribution in [0.25, 0.3) is 0 Å². The van der Waals surface area contributed by atoms with E-state index in [1.54, 1.807) is 0 Å². The molecule has 1 fully saturated rings. The SMILES string of the molecule is O=C(CCC(=O)c1ccc(F)cc1)N[C@@H]1CCOC1. The van der Waals surface area contributed by atoms with Crippen LogP contribution in [0.1, 0.15) is 29.6 Å². The Balaban J connectivity index is 1.76. The van der Waals surface area contributed by atoms with E-state index >= 15 is 0 Å². The molecule has 1 heterocycles. The van der Waals surface area contributed by atoms with E-state index in [1.807, 2.05) is 0 Å². The molecule has 4 nitrogen and oxygen atoms in total. The summed E-state index contributed by atoms with van der Waals surface area (Å²) >= 11 is 0. The van der Waals surface area contributed by atoms with E-state index in [9.17, 15) is 14.0 Å². The van der Waals surface area contributed by atoms with Gasteiger partial charge < -0.3 is 10.1 Å². The van der Waals surface area contributed by atoms with Gasteiger partial charge in [0.2, 0.25) is 5.91 Å². The standard InChI is InChI=1S/C14H16FNO3/c15-11-3-1-10(2-4-11)13(17)5-6-14(18)16-12-7-8-19-9-12/h1-4,12H,5-9H2,(H,16,18)/t12-/m1/s1. The Bertz CT molecular complexity index is 452. The lowest BCUT2D eigenvalue weighted by molar-refractivity contribution is -0.121. The molecule has 0 bridgehead atoms. The Morgan fingerprint density at radius 1 is 1.26 bits per heavy atom. The van der Waals surface area contributed by atoms with E-state index in [4.69, 9.17) is 4.74 Å². The van der Waals surface area contributed by atoms with Crippen LogP contribution in [-0.2, 0) is 9.53 Å². The summed E-state index contributed by atoms with van der Waals surface area (Å²) in [6.45, 7) is 1.21. The van der Waals surface area contributed by atoms with E-state index in [2.05, 4.69) is 5.32 Å². The molecule has 0 aromatic heterocycles. The summed E-state index contributed by atoms with van der Waals surface area (Å²) < 4.78 is 17.9. The van der Waals surface area contributed by atoms with Crippen molar-refractivity contribution in [1.29, 1.82) is 0 Å². The van der Waals surface area contributed by atoms with Crippen LogP contribution in [0.4, 0.5) is 4.39 Å². The molecule has 2 rings (SSSR count). The Kier molecular flexibility index (Phi) is 4.63. The number of ketones is 1. The third-order valence-corrected chi connectivity index (χ3v) is 3.04. The number of halogens is 1. The van der Waals surface area contributed by atoms with Crippen LogP contribution in [0.2, 0.25) is 0 Å². The third-order valence-electron chi connectivity index (χ3n) is 3.04. The number of carbonyl (C=O) groups excluding carboxylic acids is 2. The van der Waals surface area contributed by atoms with Crippen LogP contribution in [0.5, 0.6) is 0 Å². The summed E-state index contributed by atoms with van der Waals surface area (Å²) in [5.74, 6) is -0.681. The zero-order chi connectivity index (χ0) is 13.7. The van der Waals surface area contributed by atoms with Crippen molar-refractivity contribution in [3.63, 3.8) is 0 Å². The molecule has 19 heavy (non-hydrogen) atoms. The fraction of sp³-hybridized carbons (Fsp3) is 0.429. The van der Waals surface area contributed by atoms with Gasteiger partial charge in [0.05, 0.1) is 12.6 Å². The minimum Gasteiger partial charge on any atom is -0.379 e. The lowest BCUT2D eigenvalue weighted by Gasteiger charge is -2.10. The van der Waals surface area contributed by atoms with Crippen molar-refractivity contribution >= 4 is 11.7 Å². The van der Waals surface area contributed by atoms with Crippen LogP contribution in [0.15, 0.2) is 24.3 Å². The number of carbonyl (C=O) groups is 2. The van der Waals surface area contributed by atoms with Gasteiger partial charge in [0.15, 0.2) is 5.78 Å². The van der Waals surface area contributed by atoms with Gasteiger partial charge in [-0.05, 0) is 30.7 Å². The molecule has 1 aliphatic heterocycles. The fourth-order valence-corrected chi connectivity index (χ4v) is 1.96. The second-order valence-electron chi connectivity index (χ2n) is 4.56. The topological polar surface area (TPSA) is 55.4 Å². The minimum absolute atomic E-state index is 0.0634. The molecule has 1 saturated heterocycles. The van der Waals surface area contributed by atoms with E-state index in [-0.39, 0.29) is 36.4 Å². The zero-order valence-electron chi connectivity index (χ0n) is 10.5. The first kappa shape index (κ1) is 13.7. The Labute approximate surface area is 110 Å². The van der Waals surface area contributed by atoms with Crippen LogP contribution in [-0.4, -0.2) is 30.9 Å². The predicted octanol–water partition coefficient (Wildman–Crippen LogP) is 1.69. The highest BCUT2D eigenvalue weighted by atomic mass is 19.1. The smallest absolute Gasteiger partial charge is 0.220 e. The van der Waals surface area contributed by atoms with Gasteiger partial charge in [-0.15, -0.1) is 0 Å². The number of hydrogen-bond donors (Lipinski definition) is 1. The van der Waals surface area contributed by atoms with E-state index in [0.717, 1.165) is 6.42 Å². The lowest BCUT2D eigenvalue weighted by Crippen LogP contribution is -2.35. The second-order valence-corrected chi connectivity index (χ2v) is 4.56. The van der Waals surface area contributed by atoms with Crippen molar-refractivity contribution < 1.29 is 18.7 Å². The molecule has 1 atom stereocenters. The molecule has 0 aliphatic carbocycles. The van der Waals surface area contributed by atoms with Crippen molar-refractivity contribution in [1.82, 2.24) is 5.32 Å². The summed E-state index contributed by atoms with van der Waals surface area (Å²) in [6.07, 6.45) is 1.09.